The first-order chi connectivity index (χ1) is 17.5. The second kappa shape index (κ2) is 9.53. The maximum absolute atomic E-state index is 14.0. The molecule has 5 rings (SSSR count). The van der Waals surface area contributed by atoms with Crippen LogP contribution in [0.3, 0.4) is 0 Å². The molecule has 36 heavy (non-hydrogen) atoms. The summed E-state index contributed by atoms with van der Waals surface area (Å²) in [5.74, 6) is 1.49. The molecule has 0 bridgehead atoms. The molecule has 0 aliphatic carbocycles. The average molecular weight is 487 g/mol. The zero-order chi connectivity index (χ0) is 25.2. The first-order valence-electron chi connectivity index (χ1n) is 11.2. The molecule has 0 saturated heterocycles. The van der Waals surface area contributed by atoms with Gasteiger partial charge in [0.1, 0.15) is 17.3 Å². The SMILES string of the molecule is COc1ccc(C2NC(=O)N(c3cccc(F)c3)C(C)=C2c2nc(-c3cccc(OC)c3)no2)cc1. The lowest BCUT2D eigenvalue weighted by atomic mass is 9.94. The number of allylic oxidation sites excluding steroid dienone is 1. The highest BCUT2D eigenvalue weighted by atomic mass is 19.1. The zero-order valence-corrected chi connectivity index (χ0v) is 19.9. The van der Waals surface area contributed by atoms with Gasteiger partial charge in [0.2, 0.25) is 5.82 Å². The molecule has 1 aromatic heterocycles. The predicted octanol–water partition coefficient (Wildman–Crippen LogP) is 5.60. The maximum Gasteiger partial charge on any atom is 0.327 e. The van der Waals surface area contributed by atoms with E-state index in [1.54, 1.807) is 39.3 Å². The van der Waals surface area contributed by atoms with Crippen LogP contribution in [-0.2, 0) is 0 Å². The van der Waals surface area contributed by atoms with E-state index in [2.05, 4.69) is 15.5 Å². The van der Waals surface area contributed by atoms with Crippen molar-refractivity contribution in [2.45, 2.75) is 13.0 Å². The molecule has 8 nitrogen and oxygen atoms in total. The van der Waals surface area contributed by atoms with Crippen molar-refractivity contribution >= 4 is 17.3 Å². The van der Waals surface area contributed by atoms with Crippen molar-refractivity contribution in [3.05, 3.63) is 95.8 Å². The van der Waals surface area contributed by atoms with Crippen LogP contribution in [-0.4, -0.2) is 30.4 Å². The van der Waals surface area contributed by atoms with Gasteiger partial charge in [-0.25, -0.2) is 9.18 Å². The summed E-state index contributed by atoms with van der Waals surface area (Å²) in [6.45, 7) is 1.77. The number of nitrogens with zero attached hydrogens (tertiary/aromatic N) is 3. The first kappa shape index (κ1) is 23.1. The van der Waals surface area contributed by atoms with Crippen LogP contribution in [0.2, 0.25) is 0 Å². The van der Waals surface area contributed by atoms with Gasteiger partial charge in [0, 0.05) is 11.3 Å². The number of carbonyl (C=O) groups is 1. The minimum atomic E-state index is -0.591. The van der Waals surface area contributed by atoms with Crippen LogP contribution in [0.25, 0.3) is 17.0 Å². The highest BCUT2D eigenvalue weighted by Gasteiger charge is 2.36. The molecule has 3 aromatic carbocycles. The molecule has 2 amide bonds. The van der Waals surface area contributed by atoms with Crippen LogP contribution in [0, 0.1) is 5.82 Å². The number of carbonyl (C=O) groups excluding carboxylic acids is 1. The highest BCUT2D eigenvalue weighted by molar-refractivity contribution is 6.01. The van der Waals surface area contributed by atoms with E-state index in [1.165, 1.54) is 17.0 Å². The van der Waals surface area contributed by atoms with E-state index in [1.807, 2.05) is 42.5 Å². The van der Waals surface area contributed by atoms with Gasteiger partial charge in [-0.2, -0.15) is 4.98 Å². The Labute approximate surface area is 207 Å². The molecule has 0 spiro atoms. The third kappa shape index (κ3) is 4.26. The first-order valence-corrected chi connectivity index (χ1v) is 11.2. The van der Waals surface area contributed by atoms with Crippen LogP contribution in [0.4, 0.5) is 14.9 Å². The highest BCUT2D eigenvalue weighted by Crippen LogP contribution is 2.39. The number of halogens is 1. The Hall–Kier alpha value is -4.66. The Morgan fingerprint density at radius 1 is 0.972 bits per heavy atom. The van der Waals surface area contributed by atoms with E-state index in [-0.39, 0.29) is 5.89 Å². The van der Waals surface area contributed by atoms with E-state index in [0.29, 0.717) is 39.8 Å². The van der Waals surface area contributed by atoms with Crippen molar-refractivity contribution in [3.8, 4) is 22.9 Å². The molecule has 4 aromatic rings. The van der Waals surface area contributed by atoms with Gasteiger partial charge in [-0.15, -0.1) is 0 Å². The van der Waals surface area contributed by atoms with Gasteiger partial charge in [-0.05, 0) is 55.0 Å². The maximum atomic E-state index is 14.0. The zero-order valence-electron chi connectivity index (χ0n) is 19.9. The van der Waals surface area contributed by atoms with Crippen LogP contribution in [0.1, 0.15) is 24.4 Å². The fourth-order valence-corrected chi connectivity index (χ4v) is 4.20. The molecule has 1 aliphatic rings. The van der Waals surface area contributed by atoms with E-state index in [4.69, 9.17) is 14.0 Å². The molecule has 0 fully saturated rings. The van der Waals surface area contributed by atoms with Crippen molar-refractivity contribution in [1.82, 2.24) is 15.5 Å². The minimum Gasteiger partial charge on any atom is -0.497 e. The number of hydrogen-bond donors (Lipinski definition) is 1. The Morgan fingerprint density at radius 2 is 1.72 bits per heavy atom. The van der Waals surface area contributed by atoms with Crippen LogP contribution in [0.5, 0.6) is 11.5 Å². The van der Waals surface area contributed by atoms with Crippen LogP contribution >= 0.6 is 0 Å². The lowest BCUT2D eigenvalue weighted by Crippen LogP contribution is -2.46. The molecule has 0 saturated carbocycles. The number of rotatable bonds is 6. The molecule has 1 N–H and O–H groups in total. The number of amides is 2. The van der Waals surface area contributed by atoms with Gasteiger partial charge in [0.15, 0.2) is 0 Å². The molecule has 2 heterocycles. The number of nitrogens with one attached hydrogen (secondary N) is 1. The third-order valence-electron chi connectivity index (χ3n) is 5.98. The van der Waals surface area contributed by atoms with E-state index >= 15 is 0 Å². The van der Waals surface area contributed by atoms with Gasteiger partial charge in [-0.3, -0.25) is 4.90 Å². The number of anilines is 1. The van der Waals surface area contributed by atoms with Gasteiger partial charge in [-0.1, -0.05) is 35.5 Å². The molecule has 182 valence electrons. The fraction of sp³-hybridized carbons (Fsp3) is 0.148. The monoisotopic (exact) mass is 486 g/mol. The molecule has 9 heteroatoms. The summed E-state index contributed by atoms with van der Waals surface area (Å²) in [6, 6.07) is 19.5. The Bertz CT molecular complexity index is 1450. The number of aromatic nitrogens is 2. The van der Waals surface area contributed by atoms with E-state index in [0.717, 1.165) is 5.56 Å². The van der Waals surface area contributed by atoms with E-state index in [9.17, 15) is 9.18 Å². The minimum absolute atomic E-state index is 0.229. The van der Waals surface area contributed by atoms with Crippen molar-refractivity contribution in [1.29, 1.82) is 0 Å². The smallest absolute Gasteiger partial charge is 0.327 e. The second-order valence-corrected chi connectivity index (χ2v) is 8.13. The number of urea groups is 1. The lowest BCUT2D eigenvalue weighted by molar-refractivity contribution is 0.244. The quantitative estimate of drug-likeness (QED) is 0.382. The predicted molar refractivity (Wildman–Crippen MR) is 132 cm³/mol. The van der Waals surface area contributed by atoms with Crippen LogP contribution < -0.4 is 19.7 Å². The van der Waals surface area contributed by atoms with Gasteiger partial charge < -0.3 is 19.3 Å². The summed E-state index contributed by atoms with van der Waals surface area (Å²) >= 11 is 0. The summed E-state index contributed by atoms with van der Waals surface area (Å²) in [5, 5.41) is 7.17. The van der Waals surface area contributed by atoms with Crippen molar-refractivity contribution < 1.29 is 23.2 Å². The second-order valence-electron chi connectivity index (χ2n) is 8.13. The standard InChI is InChI=1S/C27H23FN4O4/c1-16-23(26-30-25(31-36-26)18-6-4-9-22(14-18)35-3)24(17-10-12-21(34-2)13-11-17)29-27(33)32(16)20-8-5-7-19(28)15-20/h4-15,24H,1-3H3,(H,29,33). The summed E-state index contributed by atoms with van der Waals surface area (Å²) < 4.78 is 30.3. The summed E-state index contributed by atoms with van der Waals surface area (Å²) in [6.07, 6.45) is 0. The number of ether oxygens (including phenoxy) is 2. The van der Waals surface area contributed by atoms with Crippen LogP contribution in [0.15, 0.2) is 83.0 Å². The van der Waals surface area contributed by atoms with Gasteiger partial charge >= 0.3 is 6.03 Å². The lowest BCUT2D eigenvalue weighted by Gasteiger charge is -2.35. The van der Waals surface area contributed by atoms with Gasteiger partial charge in [0.05, 0.1) is 31.5 Å². The normalized spacial score (nSPS) is 15.6. The molecule has 1 atom stereocenters. The Morgan fingerprint density at radius 3 is 2.44 bits per heavy atom. The topological polar surface area (TPSA) is 89.7 Å². The fourth-order valence-electron chi connectivity index (χ4n) is 4.20. The van der Waals surface area contributed by atoms with Crippen molar-refractivity contribution in [3.63, 3.8) is 0 Å². The van der Waals surface area contributed by atoms with Crippen molar-refractivity contribution in [2.24, 2.45) is 0 Å². The largest absolute Gasteiger partial charge is 0.497 e. The van der Waals surface area contributed by atoms with Gasteiger partial charge in [0.25, 0.3) is 5.89 Å². The van der Waals surface area contributed by atoms with Crippen molar-refractivity contribution in [2.75, 3.05) is 19.1 Å². The van der Waals surface area contributed by atoms with E-state index < -0.39 is 17.9 Å². The summed E-state index contributed by atoms with van der Waals surface area (Å²) in [5.41, 5.74) is 3.00. The average Bonchev–Trinajstić information content (AvgIpc) is 3.38. The number of methoxy groups -OCH3 is 2. The molecule has 0 radical (unpaired) electrons. The molecular weight excluding hydrogens is 463 g/mol. The summed E-state index contributed by atoms with van der Waals surface area (Å²) in [7, 11) is 3.17. The molecular formula is C27H23FN4O4. The Kier molecular flexibility index (Phi) is 6.12. The number of benzene rings is 3. The summed E-state index contributed by atoms with van der Waals surface area (Å²) in [4.78, 5) is 19.3. The molecule has 1 unspecified atom stereocenters. The number of hydrogen-bond acceptors (Lipinski definition) is 6. The Balaban J connectivity index is 1.64. The molecule has 1 aliphatic heterocycles. The third-order valence-corrected chi connectivity index (χ3v) is 5.98.